The summed E-state index contributed by atoms with van der Waals surface area (Å²) < 4.78 is 17.0. The third-order valence-electron chi connectivity index (χ3n) is 4.27. The van der Waals surface area contributed by atoms with Crippen molar-refractivity contribution in [1.82, 2.24) is 5.43 Å². The lowest BCUT2D eigenvalue weighted by molar-refractivity contribution is 0.0953. The molecule has 0 heterocycles. The standard InChI is InChI=1S/C23H30N2O4/c1-7-27-20-13-18(14-21(28-8-2)22(20)29-9-3)23(26)25-24-17(6)19-11-10-15(4)12-16(19)5/h10-14H,7-9H2,1-6H3,(H,25,26)/b24-17+. The number of rotatable bonds is 9. The van der Waals surface area contributed by atoms with Gasteiger partial charge in [0.25, 0.3) is 5.91 Å². The molecule has 6 nitrogen and oxygen atoms in total. The summed E-state index contributed by atoms with van der Waals surface area (Å²) in [5.41, 5.74) is 7.03. The minimum Gasteiger partial charge on any atom is -0.490 e. The number of nitrogens with one attached hydrogen (secondary N) is 1. The molecule has 1 amide bonds. The zero-order chi connectivity index (χ0) is 21.4. The number of carbonyl (C=O) groups is 1. The van der Waals surface area contributed by atoms with E-state index in [1.165, 1.54) is 5.56 Å². The third kappa shape index (κ3) is 5.73. The zero-order valence-corrected chi connectivity index (χ0v) is 18.1. The Hall–Kier alpha value is -3.02. The van der Waals surface area contributed by atoms with Gasteiger partial charge in [-0.3, -0.25) is 4.79 Å². The Morgan fingerprint density at radius 1 is 0.931 bits per heavy atom. The first-order valence-electron chi connectivity index (χ1n) is 9.89. The molecular formula is C23H30N2O4. The van der Waals surface area contributed by atoms with Crippen LogP contribution in [0.15, 0.2) is 35.4 Å². The summed E-state index contributed by atoms with van der Waals surface area (Å²) in [5, 5.41) is 4.28. The maximum atomic E-state index is 12.7. The van der Waals surface area contributed by atoms with Gasteiger partial charge in [-0.2, -0.15) is 5.10 Å². The van der Waals surface area contributed by atoms with Crippen LogP contribution < -0.4 is 19.6 Å². The number of hydrogen-bond donors (Lipinski definition) is 1. The summed E-state index contributed by atoms with van der Waals surface area (Å²) in [4.78, 5) is 12.7. The van der Waals surface area contributed by atoms with Gasteiger partial charge in [0.1, 0.15) is 0 Å². The van der Waals surface area contributed by atoms with Crippen LogP contribution in [-0.4, -0.2) is 31.4 Å². The Balaban J connectivity index is 2.31. The van der Waals surface area contributed by atoms with Crippen molar-refractivity contribution in [3.8, 4) is 17.2 Å². The summed E-state index contributed by atoms with van der Waals surface area (Å²) in [7, 11) is 0. The van der Waals surface area contributed by atoms with Crippen LogP contribution in [0.1, 0.15) is 54.7 Å². The van der Waals surface area contributed by atoms with E-state index in [1.54, 1.807) is 12.1 Å². The van der Waals surface area contributed by atoms with E-state index in [-0.39, 0.29) is 5.91 Å². The molecule has 0 saturated heterocycles. The lowest BCUT2D eigenvalue weighted by atomic mass is 10.0. The van der Waals surface area contributed by atoms with Gasteiger partial charge in [-0.1, -0.05) is 23.8 Å². The Labute approximate surface area is 172 Å². The second-order valence-corrected chi connectivity index (χ2v) is 6.56. The number of hydrogen-bond acceptors (Lipinski definition) is 5. The molecule has 0 unspecified atom stereocenters. The van der Waals surface area contributed by atoms with Gasteiger partial charge in [0.15, 0.2) is 11.5 Å². The van der Waals surface area contributed by atoms with E-state index in [1.807, 2.05) is 53.7 Å². The fraction of sp³-hybridized carbons (Fsp3) is 0.391. The zero-order valence-electron chi connectivity index (χ0n) is 18.1. The highest BCUT2D eigenvalue weighted by molar-refractivity contribution is 6.02. The molecule has 0 aliphatic carbocycles. The molecular weight excluding hydrogens is 368 g/mol. The van der Waals surface area contributed by atoms with Crippen molar-refractivity contribution in [3.63, 3.8) is 0 Å². The molecule has 2 aromatic carbocycles. The largest absolute Gasteiger partial charge is 0.490 e. The first kappa shape index (κ1) is 22.3. The highest BCUT2D eigenvalue weighted by Gasteiger charge is 2.18. The molecule has 0 spiro atoms. The molecule has 0 aromatic heterocycles. The average Bonchev–Trinajstić information content (AvgIpc) is 2.68. The molecule has 156 valence electrons. The maximum Gasteiger partial charge on any atom is 0.271 e. The molecule has 0 aliphatic rings. The molecule has 29 heavy (non-hydrogen) atoms. The van der Waals surface area contributed by atoms with E-state index >= 15 is 0 Å². The molecule has 6 heteroatoms. The fourth-order valence-electron chi connectivity index (χ4n) is 3.00. The highest BCUT2D eigenvalue weighted by Crippen LogP contribution is 2.39. The van der Waals surface area contributed by atoms with Gasteiger partial charge in [0.2, 0.25) is 5.75 Å². The van der Waals surface area contributed by atoms with Crippen molar-refractivity contribution < 1.29 is 19.0 Å². The third-order valence-corrected chi connectivity index (χ3v) is 4.27. The molecule has 1 N–H and O–H groups in total. The monoisotopic (exact) mass is 398 g/mol. The van der Waals surface area contributed by atoms with Crippen molar-refractivity contribution >= 4 is 11.6 Å². The summed E-state index contributed by atoms with van der Waals surface area (Å²) in [6.45, 7) is 12.9. The summed E-state index contributed by atoms with van der Waals surface area (Å²) in [5.74, 6) is 1.10. The van der Waals surface area contributed by atoms with Crippen molar-refractivity contribution in [3.05, 3.63) is 52.6 Å². The number of benzene rings is 2. The number of carbonyl (C=O) groups excluding carboxylic acids is 1. The normalized spacial score (nSPS) is 11.2. The number of amides is 1. The van der Waals surface area contributed by atoms with Crippen molar-refractivity contribution in [2.75, 3.05) is 19.8 Å². The van der Waals surface area contributed by atoms with Crippen LogP contribution in [-0.2, 0) is 0 Å². The van der Waals surface area contributed by atoms with E-state index in [9.17, 15) is 4.79 Å². The molecule has 0 bridgehead atoms. The lowest BCUT2D eigenvalue weighted by Gasteiger charge is -2.16. The lowest BCUT2D eigenvalue weighted by Crippen LogP contribution is -2.20. The van der Waals surface area contributed by atoms with Gasteiger partial charge < -0.3 is 14.2 Å². The minimum atomic E-state index is -0.348. The van der Waals surface area contributed by atoms with Crippen LogP contribution in [0, 0.1) is 13.8 Å². The minimum absolute atomic E-state index is 0.348. The molecule has 0 atom stereocenters. The first-order valence-corrected chi connectivity index (χ1v) is 9.89. The molecule has 0 saturated carbocycles. The summed E-state index contributed by atoms with van der Waals surface area (Å²) in [6.07, 6.45) is 0. The van der Waals surface area contributed by atoms with Gasteiger partial charge >= 0.3 is 0 Å². The number of ether oxygens (including phenoxy) is 3. The summed E-state index contributed by atoms with van der Waals surface area (Å²) >= 11 is 0. The van der Waals surface area contributed by atoms with Crippen LogP contribution in [0.3, 0.4) is 0 Å². The predicted octanol–water partition coefficient (Wildman–Crippen LogP) is 4.65. The van der Waals surface area contributed by atoms with Crippen LogP contribution in [0.5, 0.6) is 17.2 Å². The van der Waals surface area contributed by atoms with Crippen LogP contribution in [0.25, 0.3) is 0 Å². The molecule has 0 radical (unpaired) electrons. The number of hydrazone groups is 1. The molecule has 0 aliphatic heterocycles. The van der Waals surface area contributed by atoms with Gasteiger partial charge in [-0.25, -0.2) is 5.43 Å². The van der Waals surface area contributed by atoms with E-state index < -0.39 is 0 Å². The second kappa shape index (κ2) is 10.5. The molecule has 0 fully saturated rings. The van der Waals surface area contributed by atoms with E-state index in [4.69, 9.17) is 14.2 Å². The van der Waals surface area contributed by atoms with Crippen molar-refractivity contribution in [2.45, 2.75) is 41.5 Å². The van der Waals surface area contributed by atoms with E-state index in [0.717, 1.165) is 16.8 Å². The fourth-order valence-corrected chi connectivity index (χ4v) is 3.00. The summed E-state index contributed by atoms with van der Waals surface area (Å²) in [6, 6.07) is 9.42. The van der Waals surface area contributed by atoms with Crippen LogP contribution in [0.2, 0.25) is 0 Å². The molecule has 2 rings (SSSR count). The Bertz CT molecular complexity index is 863. The quantitative estimate of drug-likeness (QED) is 0.493. The van der Waals surface area contributed by atoms with Gasteiger partial charge in [0.05, 0.1) is 25.5 Å². The second-order valence-electron chi connectivity index (χ2n) is 6.56. The molecule has 2 aromatic rings. The smallest absolute Gasteiger partial charge is 0.271 e. The van der Waals surface area contributed by atoms with E-state index in [2.05, 4.69) is 16.6 Å². The Kier molecular flexibility index (Phi) is 8.07. The maximum absolute atomic E-state index is 12.7. The number of aryl methyl sites for hydroxylation is 2. The van der Waals surface area contributed by atoms with Crippen molar-refractivity contribution in [1.29, 1.82) is 0 Å². The van der Waals surface area contributed by atoms with Crippen LogP contribution >= 0.6 is 0 Å². The number of nitrogens with zero attached hydrogens (tertiary/aromatic N) is 1. The first-order chi connectivity index (χ1) is 13.9. The Morgan fingerprint density at radius 3 is 2.03 bits per heavy atom. The van der Waals surface area contributed by atoms with Gasteiger partial charge in [-0.05, 0) is 59.2 Å². The SMILES string of the molecule is CCOc1cc(C(=O)N/N=C(\C)c2ccc(C)cc2C)cc(OCC)c1OCC. The Morgan fingerprint density at radius 2 is 1.52 bits per heavy atom. The topological polar surface area (TPSA) is 69.2 Å². The predicted molar refractivity (Wildman–Crippen MR) is 116 cm³/mol. The average molecular weight is 399 g/mol. The van der Waals surface area contributed by atoms with Gasteiger partial charge in [-0.15, -0.1) is 0 Å². The highest BCUT2D eigenvalue weighted by atomic mass is 16.5. The van der Waals surface area contributed by atoms with Crippen LogP contribution in [0.4, 0.5) is 0 Å². The van der Waals surface area contributed by atoms with E-state index in [0.29, 0.717) is 42.6 Å². The van der Waals surface area contributed by atoms with Crippen molar-refractivity contribution in [2.24, 2.45) is 5.10 Å². The van der Waals surface area contributed by atoms with Gasteiger partial charge in [0, 0.05) is 11.1 Å².